The van der Waals surface area contributed by atoms with Crippen LogP contribution in [0.1, 0.15) is 24.0 Å². The van der Waals surface area contributed by atoms with E-state index in [1.165, 1.54) is 17.8 Å². The molecule has 0 bridgehead atoms. The molecule has 1 aromatic carbocycles. The van der Waals surface area contributed by atoms with E-state index in [0.29, 0.717) is 32.4 Å². The van der Waals surface area contributed by atoms with Crippen LogP contribution >= 0.6 is 11.8 Å². The van der Waals surface area contributed by atoms with Crippen molar-refractivity contribution in [2.24, 2.45) is 5.92 Å². The molecule has 4 rings (SSSR count). The molecule has 2 atom stereocenters. The number of carbonyl (C=O) groups is 2. The molecule has 2 aromatic rings. The normalized spacial score (nSPS) is 20.2. The lowest BCUT2D eigenvalue weighted by Crippen LogP contribution is -2.37. The van der Waals surface area contributed by atoms with Gasteiger partial charge in [-0.1, -0.05) is 36.4 Å². The number of aryl methyl sites for hydroxylation is 1. The van der Waals surface area contributed by atoms with Gasteiger partial charge >= 0.3 is 0 Å². The molecule has 3 heterocycles. The summed E-state index contributed by atoms with van der Waals surface area (Å²) < 4.78 is 0. The Kier molecular flexibility index (Phi) is 7.03. The third-order valence-corrected chi connectivity index (χ3v) is 6.96. The maximum atomic E-state index is 12.7. The highest BCUT2D eigenvalue weighted by Crippen LogP contribution is 2.44. The third-order valence-electron chi connectivity index (χ3n) is 5.64. The minimum atomic E-state index is -0.364. The van der Waals surface area contributed by atoms with E-state index in [1.54, 1.807) is 18.5 Å². The van der Waals surface area contributed by atoms with Crippen LogP contribution < -0.4 is 5.32 Å². The molecule has 2 aliphatic rings. The van der Waals surface area contributed by atoms with Crippen LogP contribution in [-0.4, -0.2) is 40.2 Å². The molecule has 1 N–H and O–H groups in total. The average Bonchev–Trinajstić information content (AvgIpc) is 3.18. The number of rotatable bonds is 6. The van der Waals surface area contributed by atoms with E-state index in [1.807, 2.05) is 47.4 Å². The number of pyridine rings is 1. The number of nitrogens with zero attached hydrogens (tertiary/aromatic N) is 3. The molecule has 162 valence electrons. The van der Waals surface area contributed by atoms with E-state index >= 15 is 0 Å². The molecule has 2 unspecified atom stereocenters. The SMILES string of the molecule is N#CC1C2=C(CN(C(=O)CCc3cccnc3)CC2)SC1NC(=O)/C=C/c1ccccc1. The lowest BCUT2D eigenvalue weighted by Gasteiger charge is -2.28. The van der Waals surface area contributed by atoms with Gasteiger partial charge in [-0.3, -0.25) is 14.6 Å². The fourth-order valence-electron chi connectivity index (χ4n) is 3.95. The number of nitriles is 1. The van der Waals surface area contributed by atoms with Crippen LogP contribution in [0.5, 0.6) is 0 Å². The van der Waals surface area contributed by atoms with Gasteiger partial charge in [0.1, 0.15) is 0 Å². The summed E-state index contributed by atoms with van der Waals surface area (Å²) in [6.07, 6.45) is 8.53. The van der Waals surface area contributed by atoms with E-state index in [9.17, 15) is 14.9 Å². The zero-order chi connectivity index (χ0) is 22.3. The largest absolute Gasteiger partial charge is 0.339 e. The van der Waals surface area contributed by atoms with Crippen LogP contribution in [0.15, 0.2) is 71.4 Å². The van der Waals surface area contributed by atoms with E-state index < -0.39 is 0 Å². The van der Waals surface area contributed by atoms with E-state index in [2.05, 4.69) is 16.4 Å². The van der Waals surface area contributed by atoms with Gasteiger partial charge in [0, 0.05) is 36.3 Å². The fourth-order valence-corrected chi connectivity index (χ4v) is 5.40. The first-order valence-corrected chi connectivity index (χ1v) is 11.5. The molecule has 6 nitrogen and oxygen atoms in total. The molecule has 0 fully saturated rings. The monoisotopic (exact) mass is 444 g/mol. The number of carbonyl (C=O) groups excluding carboxylic acids is 2. The zero-order valence-corrected chi connectivity index (χ0v) is 18.4. The number of amides is 2. The summed E-state index contributed by atoms with van der Waals surface area (Å²) in [5, 5.41) is 12.4. The first-order chi connectivity index (χ1) is 15.6. The van der Waals surface area contributed by atoms with Crippen LogP contribution in [0.2, 0.25) is 0 Å². The summed E-state index contributed by atoms with van der Waals surface area (Å²) in [7, 11) is 0. The van der Waals surface area contributed by atoms with Crippen molar-refractivity contribution >= 4 is 29.7 Å². The highest BCUT2D eigenvalue weighted by Gasteiger charge is 2.39. The summed E-state index contributed by atoms with van der Waals surface area (Å²) in [4.78, 5) is 32.1. The Morgan fingerprint density at radius 3 is 2.84 bits per heavy atom. The van der Waals surface area contributed by atoms with Gasteiger partial charge in [0.15, 0.2) is 0 Å². The Labute approximate surface area is 192 Å². The standard InChI is InChI=1S/C25H24N4O2S/c26-15-21-20-12-14-29(24(31)11-9-19-7-4-13-27-16-19)17-22(20)32-25(21)28-23(30)10-8-18-5-2-1-3-6-18/h1-8,10,13,16,21,25H,9,11-12,14,17H2,(H,28,30)/b10-8+. The summed E-state index contributed by atoms with van der Waals surface area (Å²) in [5.74, 6) is -0.486. The van der Waals surface area contributed by atoms with Crippen molar-refractivity contribution in [1.82, 2.24) is 15.2 Å². The highest BCUT2D eigenvalue weighted by atomic mass is 32.2. The fraction of sp³-hybridized carbons (Fsp3) is 0.280. The summed E-state index contributed by atoms with van der Waals surface area (Å²) in [6.45, 7) is 1.12. The second-order valence-electron chi connectivity index (χ2n) is 7.77. The van der Waals surface area contributed by atoms with Gasteiger partial charge in [0.2, 0.25) is 11.8 Å². The lowest BCUT2D eigenvalue weighted by atomic mass is 9.94. The predicted molar refractivity (Wildman–Crippen MR) is 125 cm³/mol. The van der Waals surface area contributed by atoms with Crippen molar-refractivity contribution in [2.45, 2.75) is 24.6 Å². The molecule has 0 aliphatic carbocycles. The Morgan fingerprint density at radius 2 is 2.09 bits per heavy atom. The van der Waals surface area contributed by atoms with E-state index in [-0.39, 0.29) is 23.1 Å². The third kappa shape index (κ3) is 5.27. The van der Waals surface area contributed by atoms with E-state index in [4.69, 9.17) is 0 Å². The number of hydrogen-bond acceptors (Lipinski definition) is 5. The van der Waals surface area contributed by atoms with Crippen molar-refractivity contribution in [3.05, 3.63) is 82.5 Å². The maximum absolute atomic E-state index is 12.7. The van der Waals surface area contributed by atoms with Gasteiger partial charge in [0.05, 0.1) is 23.9 Å². The summed E-state index contributed by atoms with van der Waals surface area (Å²) in [5.41, 5.74) is 3.05. The van der Waals surface area contributed by atoms with Gasteiger partial charge in [-0.25, -0.2) is 0 Å². The van der Waals surface area contributed by atoms with Crippen LogP contribution in [0.3, 0.4) is 0 Å². The second-order valence-corrected chi connectivity index (χ2v) is 9.01. The van der Waals surface area contributed by atoms with Crippen molar-refractivity contribution in [2.75, 3.05) is 13.1 Å². The molecule has 0 saturated heterocycles. The molecule has 2 aliphatic heterocycles. The molecule has 0 radical (unpaired) electrons. The van der Waals surface area contributed by atoms with Gasteiger partial charge < -0.3 is 10.2 Å². The molecule has 1 aromatic heterocycles. The molecule has 2 amide bonds. The molecule has 32 heavy (non-hydrogen) atoms. The van der Waals surface area contributed by atoms with Gasteiger partial charge in [-0.15, -0.1) is 11.8 Å². The van der Waals surface area contributed by atoms with Gasteiger partial charge in [-0.2, -0.15) is 5.26 Å². The molecule has 0 saturated carbocycles. The van der Waals surface area contributed by atoms with Crippen LogP contribution in [0.4, 0.5) is 0 Å². The summed E-state index contributed by atoms with van der Waals surface area (Å²) >= 11 is 1.50. The van der Waals surface area contributed by atoms with Crippen molar-refractivity contribution in [1.29, 1.82) is 5.26 Å². The number of hydrogen-bond donors (Lipinski definition) is 1. The average molecular weight is 445 g/mol. The van der Waals surface area contributed by atoms with Gasteiger partial charge in [-0.05, 0) is 41.7 Å². The Hall–Kier alpha value is -3.37. The smallest absolute Gasteiger partial charge is 0.244 e. The first kappa shape index (κ1) is 21.8. The second kappa shape index (κ2) is 10.3. The zero-order valence-electron chi connectivity index (χ0n) is 17.6. The predicted octanol–water partition coefficient (Wildman–Crippen LogP) is 3.54. The van der Waals surface area contributed by atoms with Gasteiger partial charge in [0.25, 0.3) is 0 Å². The molecular weight excluding hydrogens is 420 g/mol. The number of nitrogens with one attached hydrogen (secondary N) is 1. The van der Waals surface area contributed by atoms with Crippen molar-refractivity contribution in [3.63, 3.8) is 0 Å². The van der Waals surface area contributed by atoms with Crippen molar-refractivity contribution < 1.29 is 9.59 Å². The first-order valence-electron chi connectivity index (χ1n) is 10.6. The highest BCUT2D eigenvalue weighted by molar-refractivity contribution is 8.04. The molecule has 7 heteroatoms. The summed E-state index contributed by atoms with van der Waals surface area (Å²) in [6, 6.07) is 15.8. The quantitative estimate of drug-likeness (QED) is 0.689. The Bertz CT molecular complexity index is 1080. The minimum Gasteiger partial charge on any atom is -0.339 e. The number of thioether (sulfide) groups is 1. The number of aromatic nitrogens is 1. The Balaban J connectivity index is 1.33. The van der Waals surface area contributed by atoms with Crippen LogP contribution in [0.25, 0.3) is 6.08 Å². The molecule has 0 spiro atoms. The lowest BCUT2D eigenvalue weighted by molar-refractivity contribution is -0.130. The topological polar surface area (TPSA) is 86.1 Å². The Morgan fingerprint density at radius 1 is 1.25 bits per heavy atom. The van der Waals surface area contributed by atoms with E-state index in [0.717, 1.165) is 21.6 Å². The van der Waals surface area contributed by atoms with Crippen molar-refractivity contribution in [3.8, 4) is 6.07 Å². The number of benzene rings is 1. The minimum absolute atomic E-state index is 0.104. The maximum Gasteiger partial charge on any atom is 0.244 e. The van der Waals surface area contributed by atoms with Crippen LogP contribution in [0, 0.1) is 17.2 Å². The molecular formula is C25H24N4O2S. The van der Waals surface area contributed by atoms with Crippen LogP contribution in [-0.2, 0) is 16.0 Å².